The molecule has 1 saturated heterocycles. The number of aliphatic hydroxyl groups is 7. The molecule has 0 bridgehead atoms. The maximum absolute atomic E-state index is 13.2. The lowest BCUT2D eigenvalue weighted by Crippen LogP contribution is -2.60. The zero-order valence-electron chi connectivity index (χ0n) is 45.0. The minimum absolute atomic E-state index is 0.244. The third-order valence-corrected chi connectivity index (χ3v) is 14.1. The van der Waals surface area contributed by atoms with Crippen LogP contribution in [-0.2, 0) is 14.3 Å². The van der Waals surface area contributed by atoms with Crippen LogP contribution in [0.1, 0.15) is 264 Å². The van der Waals surface area contributed by atoms with Gasteiger partial charge < -0.3 is 50.5 Å². The first kappa shape index (κ1) is 66.3. The summed E-state index contributed by atoms with van der Waals surface area (Å²) >= 11 is 0. The van der Waals surface area contributed by atoms with Crippen LogP contribution in [0, 0.1) is 0 Å². The summed E-state index contributed by atoms with van der Waals surface area (Å²) in [5, 5.41) is 76.1. The van der Waals surface area contributed by atoms with E-state index in [2.05, 4.69) is 55.6 Å². The molecule has 8 N–H and O–H groups in total. The van der Waals surface area contributed by atoms with Crippen LogP contribution in [-0.4, -0.2) is 110 Å². The highest BCUT2D eigenvalue weighted by Crippen LogP contribution is 2.23. The average molecular weight is 995 g/mol. The first-order valence-electron chi connectivity index (χ1n) is 29.4. The Labute approximate surface area is 428 Å². The van der Waals surface area contributed by atoms with Crippen molar-refractivity contribution in [3.63, 3.8) is 0 Å². The number of carbonyl (C=O) groups excluding carboxylic acids is 1. The third kappa shape index (κ3) is 36.3. The normalized spacial score (nSPS) is 20.5. The standard InChI is InChI=1S/C59H111NO10/c1-3-5-7-9-11-13-15-17-19-21-23-25-26-27-29-30-32-34-36-38-40-42-44-46-51(62)54(64)50(49-69-59-57(67)56(66)55(65)53(48-61)70-59)60-58(68)52(63)47-45-43-41-39-37-35-33-31-28-24-22-20-18-16-14-12-10-8-6-4-2/h28,30-32,38,40,50-57,59,61-67H,3-27,29,33-37,39,41-49H2,1-2H3,(H,60,68)/b31-28-,32-30+,40-38+. The minimum Gasteiger partial charge on any atom is -0.394 e. The number of ether oxygens (including phenoxy) is 2. The van der Waals surface area contributed by atoms with Crippen LogP contribution in [0.5, 0.6) is 0 Å². The van der Waals surface area contributed by atoms with Crippen LogP contribution in [0.2, 0.25) is 0 Å². The molecule has 0 aliphatic carbocycles. The molecule has 0 aromatic heterocycles. The van der Waals surface area contributed by atoms with Crippen molar-refractivity contribution >= 4 is 5.91 Å². The van der Waals surface area contributed by atoms with Gasteiger partial charge >= 0.3 is 0 Å². The number of amides is 1. The summed E-state index contributed by atoms with van der Waals surface area (Å²) in [5.41, 5.74) is 0. The Morgan fingerprint density at radius 3 is 1.27 bits per heavy atom. The molecule has 1 amide bonds. The summed E-state index contributed by atoms with van der Waals surface area (Å²) < 4.78 is 11.1. The molecule has 0 aromatic rings. The molecular formula is C59H111NO10. The van der Waals surface area contributed by atoms with Gasteiger partial charge in [-0.1, -0.05) is 224 Å². The van der Waals surface area contributed by atoms with Gasteiger partial charge in [0.25, 0.3) is 0 Å². The molecule has 70 heavy (non-hydrogen) atoms. The van der Waals surface area contributed by atoms with Crippen molar-refractivity contribution in [1.82, 2.24) is 5.32 Å². The van der Waals surface area contributed by atoms with Crippen molar-refractivity contribution in [3.05, 3.63) is 36.5 Å². The molecule has 0 radical (unpaired) electrons. The number of carbonyl (C=O) groups is 1. The predicted octanol–water partition coefficient (Wildman–Crippen LogP) is 12.3. The van der Waals surface area contributed by atoms with Crippen molar-refractivity contribution in [2.75, 3.05) is 13.2 Å². The van der Waals surface area contributed by atoms with Crippen molar-refractivity contribution in [1.29, 1.82) is 0 Å². The third-order valence-electron chi connectivity index (χ3n) is 14.1. The van der Waals surface area contributed by atoms with Crippen molar-refractivity contribution in [2.45, 2.75) is 319 Å². The molecule has 9 atom stereocenters. The lowest BCUT2D eigenvalue weighted by molar-refractivity contribution is -0.303. The number of aliphatic hydroxyl groups excluding tert-OH is 7. The number of hydrogen-bond acceptors (Lipinski definition) is 10. The second-order valence-electron chi connectivity index (χ2n) is 20.7. The fourth-order valence-corrected chi connectivity index (χ4v) is 9.34. The Kier molecular flexibility index (Phi) is 45.8. The number of rotatable bonds is 50. The highest BCUT2D eigenvalue weighted by molar-refractivity contribution is 5.80. The van der Waals surface area contributed by atoms with Crippen LogP contribution >= 0.6 is 0 Å². The van der Waals surface area contributed by atoms with E-state index in [4.69, 9.17) is 9.47 Å². The molecule has 11 heteroatoms. The molecule has 1 aliphatic heterocycles. The average Bonchev–Trinajstić information content (AvgIpc) is 3.36. The summed E-state index contributed by atoms with van der Waals surface area (Å²) in [6.07, 6.45) is 47.7. The number of nitrogens with one attached hydrogen (secondary N) is 1. The molecule has 0 aromatic carbocycles. The van der Waals surface area contributed by atoms with Gasteiger partial charge in [0.2, 0.25) is 5.91 Å². The molecule has 412 valence electrons. The predicted molar refractivity (Wildman–Crippen MR) is 289 cm³/mol. The van der Waals surface area contributed by atoms with Gasteiger partial charge in [0.15, 0.2) is 6.29 Å². The van der Waals surface area contributed by atoms with Gasteiger partial charge in [0.05, 0.1) is 25.4 Å². The summed E-state index contributed by atoms with van der Waals surface area (Å²) in [6, 6.07) is -1.19. The Hall–Kier alpha value is -1.67. The zero-order valence-corrected chi connectivity index (χ0v) is 45.0. The molecule has 1 aliphatic rings. The SMILES string of the molecule is CCCCCCCCCCCC/C=C\CCCCCCCCC(O)C(=O)NC(COC1OC(CO)C(O)C(O)C1O)C(O)C(O)CCC/C=C/CC/C=C/CCCCCCCCCCCCCCCC. The lowest BCUT2D eigenvalue weighted by atomic mass is 9.98. The maximum Gasteiger partial charge on any atom is 0.249 e. The van der Waals surface area contributed by atoms with Crippen LogP contribution in [0.25, 0.3) is 0 Å². The Morgan fingerprint density at radius 1 is 0.486 bits per heavy atom. The summed E-state index contributed by atoms with van der Waals surface area (Å²) in [4.78, 5) is 13.2. The van der Waals surface area contributed by atoms with Gasteiger partial charge in [-0.2, -0.15) is 0 Å². The van der Waals surface area contributed by atoms with E-state index in [1.165, 1.54) is 161 Å². The van der Waals surface area contributed by atoms with E-state index in [0.29, 0.717) is 19.3 Å². The summed E-state index contributed by atoms with van der Waals surface area (Å²) in [6.45, 7) is 3.46. The molecule has 0 saturated carbocycles. The van der Waals surface area contributed by atoms with Crippen molar-refractivity contribution < 1.29 is 50.0 Å². The van der Waals surface area contributed by atoms with Crippen molar-refractivity contribution in [3.8, 4) is 0 Å². The zero-order chi connectivity index (χ0) is 51.1. The highest BCUT2D eigenvalue weighted by Gasteiger charge is 2.44. The van der Waals surface area contributed by atoms with Crippen molar-refractivity contribution in [2.24, 2.45) is 0 Å². The van der Waals surface area contributed by atoms with E-state index in [-0.39, 0.29) is 12.8 Å². The quantitative estimate of drug-likeness (QED) is 0.0215. The fourth-order valence-electron chi connectivity index (χ4n) is 9.34. The van der Waals surface area contributed by atoms with E-state index in [9.17, 15) is 40.5 Å². The Morgan fingerprint density at radius 2 is 0.857 bits per heavy atom. The van der Waals surface area contributed by atoms with Crippen LogP contribution < -0.4 is 5.32 Å². The minimum atomic E-state index is -1.67. The van der Waals surface area contributed by atoms with E-state index in [1.807, 2.05) is 0 Å². The fraction of sp³-hybridized carbons (Fsp3) is 0.881. The molecule has 1 rings (SSSR count). The van der Waals surface area contributed by atoms with Crippen LogP contribution in [0.3, 0.4) is 0 Å². The highest BCUT2D eigenvalue weighted by atomic mass is 16.7. The molecule has 9 unspecified atom stereocenters. The van der Waals surface area contributed by atoms with Crippen LogP contribution in [0.4, 0.5) is 0 Å². The Balaban J connectivity index is 2.35. The van der Waals surface area contributed by atoms with E-state index >= 15 is 0 Å². The first-order valence-corrected chi connectivity index (χ1v) is 29.4. The lowest BCUT2D eigenvalue weighted by Gasteiger charge is -2.40. The number of unbranched alkanes of at least 4 members (excludes halogenated alkanes) is 32. The number of allylic oxidation sites excluding steroid dienone is 6. The second kappa shape index (κ2) is 48.3. The molecule has 1 heterocycles. The molecule has 11 nitrogen and oxygen atoms in total. The van der Waals surface area contributed by atoms with Gasteiger partial charge in [-0.05, 0) is 77.0 Å². The van der Waals surface area contributed by atoms with Gasteiger partial charge in [-0.25, -0.2) is 0 Å². The van der Waals surface area contributed by atoms with Gasteiger partial charge in [0.1, 0.15) is 36.6 Å². The second-order valence-corrected chi connectivity index (χ2v) is 20.7. The first-order chi connectivity index (χ1) is 34.2. The molecular weight excluding hydrogens is 883 g/mol. The van der Waals surface area contributed by atoms with Crippen LogP contribution in [0.15, 0.2) is 36.5 Å². The number of hydrogen-bond donors (Lipinski definition) is 8. The molecule has 0 spiro atoms. The maximum atomic E-state index is 13.2. The Bertz CT molecular complexity index is 1230. The smallest absolute Gasteiger partial charge is 0.249 e. The van der Waals surface area contributed by atoms with Gasteiger partial charge in [-0.3, -0.25) is 4.79 Å². The van der Waals surface area contributed by atoms with E-state index in [0.717, 1.165) is 57.8 Å². The largest absolute Gasteiger partial charge is 0.394 e. The van der Waals surface area contributed by atoms with Gasteiger partial charge in [0, 0.05) is 0 Å². The van der Waals surface area contributed by atoms with Gasteiger partial charge in [-0.15, -0.1) is 0 Å². The summed E-state index contributed by atoms with van der Waals surface area (Å²) in [7, 11) is 0. The van der Waals surface area contributed by atoms with E-state index in [1.54, 1.807) is 0 Å². The van der Waals surface area contributed by atoms with E-state index < -0.39 is 74.2 Å². The monoisotopic (exact) mass is 994 g/mol. The molecule has 1 fully saturated rings. The topological polar surface area (TPSA) is 189 Å². The summed E-state index contributed by atoms with van der Waals surface area (Å²) in [5.74, 6) is -0.713.